The lowest BCUT2D eigenvalue weighted by molar-refractivity contribution is -0.354. The van der Waals surface area contributed by atoms with Crippen LogP contribution >= 0.6 is 0 Å². The van der Waals surface area contributed by atoms with Crippen LogP contribution in [0.1, 0.15) is 58.8 Å². The molecule has 9 nitrogen and oxygen atoms in total. The molecule has 4 saturated carbocycles. The zero-order valence-corrected chi connectivity index (χ0v) is 18.2. The quantitative estimate of drug-likeness (QED) is 0.486. The van der Waals surface area contributed by atoms with Crippen LogP contribution in [0.2, 0.25) is 0 Å². The first-order valence-corrected chi connectivity index (χ1v) is 11.5. The first-order valence-electron chi connectivity index (χ1n) is 11.5. The second-order valence-electron chi connectivity index (χ2n) is 11.0. The van der Waals surface area contributed by atoms with Crippen LogP contribution in [0.4, 0.5) is 0 Å². The molecule has 0 aromatic rings. The molecule has 31 heavy (non-hydrogen) atoms. The smallest absolute Gasteiger partial charge is 0.364 e. The van der Waals surface area contributed by atoms with E-state index in [-0.39, 0.29) is 13.0 Å². The van der Waals surface area contributed by atoms with E-state index in [1.165, 1.54) is 19.3 Å². The molecule has 6 rings (SSSR count). The molecule has 0 aromatic carbocycles. The summed E-state index contributed by atoms with van der Waals surface area (Å²) in [5, 5.41) is 31.9. The number of carbonyl (C=O) groups is 1. The predicted molar refractivity (Wildman–Crippen MR) is 107 cm³/mol. The predicted octanol–water partition coefficient (Wildman–Crippen LogP) is 0.742. The van der Waals surface area contributed by atoms with E-state index in [1.807, 2.05) is 0 Å². The number of aliphatic carboxylic acids is 1. The van der Waals surface area contributed by atoms with Crippen molar-refractivity contribution in [1.82, 2.24) is 0 Å². The molecule has 176 valence electrons. The summed E-state index contributed by atoms with van der Waals surface area (Å²) >= 11 is 0. The molecule has 6 aliphatic rings. The Kier molecular flexibility index (Phi) is 5.22. The molecule has 0 amide bonds. The number of hydrogen-bond donors (Lipinski definition) is 4. The van der Waals surface area contributed by atoms with E-state index >= 15 is 0 Å². The fraction of sp³-hybridized carbons (Fsp3) is 0.955. The maximum absolute atomic E-state index is 12.5. The van der Waals surface area contributed by atoms with E-state index in [9.17, 15) is 20.1 Å². The Morgan fingerprint density at radius 3 is 2.13 bits per heavy atom. The fourth-order valence-electron chi connectivity index (χ4n) is 7.12. The van der Waals surface area contributed by atoms with Gasteiger partial charge in [0.15, 0.2) is 5.79 Å². The van der Waals surface area contributed by atoms with Crippen LogP contribution < -0.4 is 5.73 Å². The fourth-order valence-corrected chi connectivity index (χ4v) is 7.12. The summed E-state index contributed by atoms with van der Waals surface area (Å²) in [5.41, 5.74) is 5.60. The van der Waals surface area contributed by atoms with Gasteiger partial charge in [0.25, 0.3) is 5.79 Å². The average molecular weight is 442 g/mol. The molecule has 6 atom stereocenters. The van der Waals surface area contributed by atoms with Crippen LogP contribution in [-0.2, 0) is 23.7 Å². The first kappa shape index (κ1) is 22.0. The van der Waals surface area contributed by atoms with Crippen molar-refractivity contribution >= 4 is 5.97 Å². The van der Waals surface area contributed by atoms with Gasteiger partial charge in [-0.05, 0) is 70.1 Å². The molecule has 9 heteroatoms. The minimum Gasteiger partial charge on any atom is -0.477 e. The number of aliphatic hydroxyl groups excluding tert-OH is 2. The third kappa shape index (κ3) is 3.82. The van der Waals surface area contributed by atoms with Crippen LogP contribution in [0.25, 0.3) is 0 Å². The monoisotopic (exact) mass is 441 g/mol. The number of carboxylic acid groups (broad SMARTS) is 1. The molecule has 5 N–H and O–H groups in total. The maximum atomic E-state index is 12.5. The van der Waals surface area contributed by atoms with Crippen LogP contribution in [-0.4, -0.2) is 75.5 Å². The molecule has 0 radical (unpaired) electrons. The van der Waals surface area contributed by atoms with Gasteiger partial charge in [0.05, 0.1) is 24.4 Å². The van der Waals surface area contributed by atoms with Crippen molar-refractivity contribution in [2.75, 3.05) is 6.61 Å². The Balaban J connectivity index is 1.40. The van der Waals surface area contributed by atoms with Gasteiger partial charge in [-0.1, -0.05) is 0 Å². The summed E-state index contributed by atoms with van der Waals surface area (Å²) in [4.78, 5) is 12.5. The molecule has 2 heterocycles. The summed E-state index contributed by atoms with van der Waals surface area (Å²) in [5.74, 6) is -2.55. The topological polar surface area (TPSA) is 141 Å². The van der Waals surface area contributed by atoms with Crippen molar-refractivity contribution < 1.29 is 39.1 Å². The SMILES string of the molecule is CC1(C)OC[C@H]([C@@H](O)[C@@H]2O[C@](OC34CC5CC(CC(C5)C3)C4)(C(=O)O)C[C@H](O)[C@H]2N)O1. The molecule has 2 aliphatic heterocycles. The van der Waals surface area contributed by atoms with Crippen LogP contribution in [0.3, 0.4) is 0 Å². The number of aliphatic hydroxyl groups is 2. The lowest BCUT2D eigenvalue weighted by Crippen LogP contribution is -2.68. The molecule has 6 fully saturated rings. The maximum Gasteiger partial charge on any atom is 0.364 e. The van der Waals surface area contributed by atoms with Gasteiger partial charge < -0.3 is 40.0 Å². The second kappa shape index (κ2) is 7.35. The number of rotatable bonds is 5. The zero-order chi connectivity index (χ0) is 22.2. The highest BCUT2D eigenvalue weighted by Crippen LogP contribution is 2.58. The molecule has 0 spiro atoms. The van der Waals surface area contributed by atoms with Crippen molar-refractivity contribution in [3.05, 3.63) is 0 Å². The molecule has 4 aliphatic carbocycles. The Hall–Kier alpha value is -0.810. The van der Waals surface area contributed by atoms with E-state index in [1.54, 1.807) is 13.8 Å². The van der Waals surface area contributed by atoms with E-state index in [4.69, 9.17) is 24.7 Å². The van der Waals surface area contributed by atoms with E-state index in [0.717, 1.165) is 19.3 Å². The van der Waals surface area contributed by atoms with Crippen molar-refractivity contribution in [2.24, 2.45) is 23.5 Å². The highest BCUT2D eigenvalue weighted by atomic mass is 16.8. The van der Waals surface area contributed by atoms with Gasteiger partial charge >= 0.3 is 5.97 Å². The van der Waals surface area contributed by atoms with Gasteiger partial charge in [-0.15, -0.1) is 0 Å². The Morgan fingerprint density at radius 2 is 1.65 bits per heavy atom. The van der Waals surface area contributed by atoms with Crippen molar-refractivity contribution in [2.45, 2.75) is 106 Å². The molecule has 4 bridgehead atoms. The summed E-state index contributed by atoms with van der Waals surface area (Å²) < 4.78 is 23.7. The minimum absolute atomic E-state index is 0.118. The molecular weight excluding hydrogens is 406 g/mol. The van der Waals surface area contributed by atoms with Crippen molar-refractivity contribution in [1.29, 1.82) is 0 Å². The summed E-state index contributed by atoms with van der Waals surface area (Å²) in [6, 6.07) is -0.977. The Morgan fingerprint density at radius 1 is 1.06 bits per heavy atom. The Labute approximate surface area is 182 Å². The lowest BCUT2D eigenvalue weighted by Gasteiger charge is -2.59. The number of hydrogen-bond acceptors (Lipinski definition) is 8. The van der Waals surface area contributed by atoms with E-state index < -0.39 is 53.6 Å². The van der Waals surface area contributed by atoms with Crippen LogP contribution in [0.5, 0.6) is 0 Å². The standard InChI is InChI=1S/C22H35NO8/c1-20(2)28-10-15(29-20)17(25)18-16(23)14(24)9-22(30-18,19(26)27)31-21-6-11-3-12(7-21)5-13(4-11)8-21/h11-18,24-25H,3-10,23H2,1-2H3,(H,26,27)/t11?,12?,13?,14-,15+,16+,17+,18+,21?,22+/m0/s1. The van der Waals surface area contributed by atoms with Gasteiger partial charge in [0.1, 0.15) is 18.3 Å². The molecule has 2 saturated heterocycles. The van der Waals surface area contributed by atoms with Gasteiger partial charge in [0, 0.05) is 6.42 Å². The second-order valence-corrected chi connectivity index (χ2v) is 11.0. The average Bonchev–Trinajstić information content (AvgIpc) is 3.02. The van der Waals surface area contributed by atoms with Crippen LogP contribution in [0.15, 0.2) is 0 Å². The largest absolute Gasteiger partial charge is 0.477 e. The third-order valence-electron chi connectivity index (χ3n) is 8.07. The van der Waals surface area contributed by atoms with Gasteiger partial charge in [-0.2, -0.15) is 0 Å². The first-order chi connectivity index (χ1) is 14.5. The van der Waals surface area contributed by atoms with E-state index in [2.05, 4.69) is 0 Å². The third-order valence-corrected chi connectivity index (χ3v) is 8.07. The summed E-state index contributed by atoms with van der Waals surface area (Å²) in [6.45, 7) is 3.58. The van der Waals surface area contributed by atoms with Gasteiger partial charge in [0.2, 0.25) is 0 Å². The highest BCUT2D eigenvalue weighted by Gasteiger charge is 2.61. The minimum atomic E-state index is -2.05. The molecular formula is C22H35NO8. The van der Waals surface area contributed by atoms with Gasteiger partial charge in [-0.3, -0.25) is 0 Å². The number of ether oxygens (including phenoxy) is 4. The number of carboxylic acids is 1. The summed E-state index contributed by atoms with van der Waals surface area (Å²) in [6.07, 6.45) is 1.36. The van der Waals surface area contributed by atoms with Crippen molar-refractivity contribution in [3.8, 4) is 0 Å². The number of nitrogens with two attached hydrogens (primary N) is 1. The van der Waals surface area contributed by atoms with E-state index in [0.29, 0.717) is 17.8 Å². The normalized spacial score (nSPS) is 51.7. The molecule has 0 aromatic heterocycles. The van der Waals surface area contributed by atoms with Gasteiger partial charge in [-0.25, -0.2) is 4.79 Å². The highest BCUT2D eigenvalue weighted by molar-refractivity contribution is 5.76. The summed E-state index contributed by atoms with van der Waals surface area (Å²) in [7, 11) is 0. The van der Waals surface area contributed by atoms with Crippen molar-refractivity contribution in [3.63, 3.8) is 0 Å². The zero-order valence-electron chi connectivity index (χ0n) is 18.2. The Bertz CT molecular complexity index is 693. The molecule has 0 unspecified atom stereocenters. The lowest BCUT2D eigenvalue weighted by atomic mass is 9.54. The van der Waals surface area contributed by atoms with Crippen LogP contribution in [0, 0.1) is 17.8 Å².